The van der Waals surface area contributed by atoms with E-state index in [-0.39, 0.29) is 22.8 Å². The predicted octanol–water partition coefficient (Wildman–Crippen LogP) is 0.761. The third kappa shape index (κ3) is 4.02. The lowest BCUT2D eigenvalue weighted by atomic mass is 9.85. The van der Waals surface area contributed by atoms with Gasteiger partial charge in [0.25, 0.3) is 0 Å². The SMILES string of the molecule is CNS(=O)(=O)c1ccccc1N1CCN(C(=O)[C@@H]2CCC[C@@H](N)C2)CC1. The Bertz CT molecular complexity index is 745. The Kier molecular flexibility index (Phi) is 5.84. The lowest BCUT2D eigenvalue weighted by Gasteiger charge is -2.39. The molecule has 0 radical (unpaired) electrons. The Morgan fingerprint density at radius 2 is 1.85 bits per heavy atom. The Morgan fingerprint density at radius 1 is 1.15 bits per heavy atom. The minimum atomic E-state index is -3.52. The van der Waals surface area contributed by atoms with Crippen molar-refractivity contribution >= 4 is 21.6 Å². The molecule has 1 aliphatic heterocycles. The molecule has 3 rings (SSSR count). The number of anilines is 1. The fourth-order valence-electron chi connectivity index (χ4n) is 3.93. The fraction of sp³-hybridized carbons (Fsp3) is 0.611. The molecule has 0 unspecified atom stereocenters. The van der Waals surface area contributed by atoms with Crippen molar-refractivity contribution in [1.29, 1.82) is 0 Å². The summed E-state index contributed by atoms with van der Waals surface area (Å²) in [5.41, 5.74) is 6.71. The second-order valence-electron chi connectivity index (χ2n) is 7.11. The molecule has 1 saturated carbocycles. The number of rotatable bonds is 4. The van der Waals surface area contributed by atoms with Gasteiger partial charge in [0.2, 0.25) is 15.9 Å². The Labute approximate surface area is 155 Å². The van der Waals surface area contributed by atoms with Crippen LogP contribution >= 0.6 is 0 Å². The van der Waals surface area contributed by atoms with Crippen molar-refractivity contribution in [3.8, 4) is 0 Å². The normalized spacial score (nSPS) is 24.5. The number of sulfonamides is 1. The molecular weight excluding hydrogens is 352 g/mol. The first kappa shape index (κ1) is 19.1. The van der Waals surface area contributed by atoms with Crippen molar-refractivity contribution in [1.82, 2.24) is 9.62 Å². The van der Waals surface area contributed by atoms with Crippen molar-refractivity contribution < 1.29 is 13.2 Å². The monoisotopic (exact) mass is 380 g/mol. The molecule has 2 atom stereocenters. The van der Waals surface area contributed by atoms with E-state index < -0.39 is 10.0 Å². The van der Waals surface area contributed by atoms with Crippen molar-refractivity contribution in [3.63, 3.8) is 0 Å². The zero-order chi connectivity index (χ0) is 18.7. The van der Waals surface area contributed by atoms with Crippen molar-refractivity contribution in [2.24, 2.45) is 11.7 Å². The maximum atomic E-state index is 12.8. The smallest absolute Gasteiger partial charge is 0.242 e. The van der Waals surface area contributed by atoms with Crippen LogP contribution in [0.4, 0.5) is 5.69 Å². The van der Waals surface area contributed by atoms with Gasteiger partial charge in [-0.05, 0) is 38.4 Å². The number of benzene rings is 1. The summed E-state index contributed by atoms with van der Waals surface area (Å²) in [6, 6.07) is 7.13. The van der Waals surface area contributed by atoms with Gasteiger partial charge in [-0.15, -0.1) is 0 Å². The van der Waals surface area contributed by atoms with E-state index in [1.54, 1.807) is 12.1 Å². The van der Waals surface area contributed by atoms with Crippen LogP contribution < -0.4 is 15.4 Å². The lowest BCUT2D eigenvalue weighted by Crippen LogP contribution is -2.51. The Morgan fingerprint density at radius 3 is 2.50 bits per heavy atom. The minimum absolute atomic E-state index is 0.0438. The summed E-state index contributed by atoms with van der Waals surface area (Å²) >= 11 is 0. The number of amides is 1. The van der Waals surface area contributed by atoms with Gasteiger partial charge in [-0.25, -0.2) is 13.1 Å². The zero-order valence-electron chi connectivity index (χ0n) is 15.2. The Hall–Kier alpha value is -1.64. The number of hydrogen-bond donors (Lipinski definition) is 2. The van der Waals surface area contributed by atoms with E-state index in [9.17, 15) is 13.2 Å². The summed E-state index contributed by atoms with van der Waals surface area (Å²) in [6.45, 7) is 2.47. The molecule has 0 aromatic heterocycles. The number of nitrogens with two attached hydrogens (primary N) is 1. The van der Waals surface area contributed by atoms with Gasteiger partial charge in [0.15, 0.2) is 0 Å². The molecule has 0 bridgehead atoms. The number of nitrogens with one attached hydrogen (secondary N) is 1. The molecule has 144 valence electrons. The van der Waals surface area contributed by atoms with Crippen LogP contribution in [0.2, 0.25) is 0 Å². The highest BCUT2D eigenvalue weighted by atomic mass is 32.2. The van der Waals surface area contributed by atoms with E-state index in [0.29, 0.717) is 31.9 Å². The van der Waals surface area contributed by atoms with Crippen LogP contribution in [-0.4, -0.2) is 58.5 Å². The molecule has 1 amide bonds. The number of hydrogen-bond acceptors (Lipinski definition) is 5. The fourth-order valence-corrected chi connectivity index (χ4v) is 4.88. The van der Waals surface area contributed by atoms with Crippen LogP contribution in [0.15, 0.2) is 29.2 Å². The first-order chi connectivity index (χ1) is 12.4. The second-order valence-corrected chi connectivity index (χ2v) is 8.97. The lowest BCUT2D eigenvalue weighted by molar-refractivity contribution is -0.137. The molecule has 26 heavy (non-hydrogen) atoms. The molecule has 0 spiro atoms. The van der Waals surface area contributed by atoms with Crippen LogP contribution in [0.1, 0.15) is 25.7 Å². The summed E-state index contributed by atoms with van der Waals surface area (Å²) in [6.07, 6.45) is 3.74. The maximum Gasteiger partial charge on any atom is 0.242 e. The zero-order valence-corrected chi connectivity index (χ0v) is 16.0. The summed E-state index contributed by atoms with van der Waals surface area (Å²) in [7, 11) is -2.10. The van der Waals surface area contributed by atoms with E-state index in [2.05, 4.69) is 4.72 Å². The standard InChI is InChI=1S/C18H28N4O3S/c1-20-26(24,25)17-8-3-2-7-16(17)21-9-11-22(12-10-21)18(23)14-5-4-6-15(19)13-14/h2-3,7-8,14-15,20H,4-6,9-13,19H2,1H3/t14-,15-/m1/s1. The van der Waals surface area contributed by atoms with Crippen molar-refractivity contribution in [2.45, 2.75) is 36.6 Å². The van der Waals surface area contributed by atoms with Crippen LogP contribution in [-0.2, 0) is 14.8 Å². The van der Waals surface area contributed by atoms with Gasteiger partial charge >= 0.3 is 0 Å². The number of carbonyl (C=O) groups excluding carboxylic acids is 1. The van der Waals surface area contributed by atoms with E-state index in [4.69, 9.17) is 5.73 Å². The first-order valence-corrected chi connectivity index (χ1v) is 10.7. The summed E-state index contributed by atoms with van der Waals surface area (Å²) < 4.78 is 26.9. The number of piperazine rings is 1. The third-order valence-corrected chi connectivity index (χ3v) is 6.88. The van der Waals surface area contributed by atoms with E-state index in [1.165, 1.54) is 7.05 Å². The molecule has 2 fully saturated rings. The highest BCUT2D eigenvalue weighted by Crippen LogP contribution is 2.28. The first-order valence-electron chi connectivity index (χ1n) is 9.24. The van der Waals surface area contributed by atoms with Gasteiger partial charge in [-0.1, -0.05) is 18.6 Å². The predicted molar refractivity (Wildman–Crippen MR) is 101 cm³/mol. The van der Waals surface area contributed by atoms with E-state index in [0.717, 1.165) is 25.7 Å². The number of nitrogens with zero attached hydrogens (tertiary/aromatic N) is 2. The summed E-state index contributed by atoms with van der Waals surface area (Å²) in [4.78, 5) is 17.0. The molecule has 1 aromatic carbocycles. The molecule has 1 heterocycles. The molecule has 2 aliphatic rings. The van der Waals surface area contributed by atoms with Crippen molar-refractivity contribution in [3.05, 3.63) is 24.3 Å². The Balaban J connectivity index is 1.67. The second kappa shape index (κ2) is 7.94. The third-order valence-electron chi connectivity index (χ3n) is 5.42. The van der Waals surface area contributed by atoms with Gasteiger partial charge in [-0.2, -0.15) is 0 Å². The average Bonchev–Trinajstić information content (AvgIpc) is 2.67. The topological polar surface area (TPSA) is 95.7 Å². The molecule has 3 N–H and O–H groups in total. The molecule has 8 heteroatoms. The summed E-state index contributed by atoms with van der Waals surface area (Å²) in [5.74, 6) is 0.248. The quantitative estimate of drug-likeness (QED) is 0.804. The van der Waals surface area contributed by atoms with Crippen LogP contribution in [0.3, 0.4) is 0 Å². The highest BCUT2D eigenvalue weighted by Gasteiger charge is 2.31. The maximum absolute atomic E-state index is 12.8. The molecule has 1 aromatic rings. The molecule has 1 saturated heterocycles. The van der Waals surface area contributed by atoms with Gasteiger partial charge in [0, 0.05) is 38.1 Å². The molecule has 1 aliphatic carbocycles. The van der Waals surface area contributed by atoms with Gasteiger partial charge in [-0.3, -0.25) is 4.79 Å². The van der Waals surface area contributed by atoms with E-state index >= 15 is 0 Å². The van der Waals surface area contributed by atoms with Crippen molar-refractivity contribution in [2.75, 3.05) is 38.1 Å². The van der Waals surface area contributed by atoms with Crippen LogP contribution in [0.25, 0.3) is 0 Å². The highest BCUT2D eigenvalue weighted by molar-refractivity contribution is 7.89. The molecule has 7 nitrogen and oxygen atoms in total. The number of carbonyl (C=O) groups is 1. The van der Waals surface area contributed by atoms with Crippen LogP contribution in [0, 0.1) is 5.92 Å². The number of para-hydroxylation sites is 1. The van der Waals surface area contributed by atoms with E-state index in [1.807, 2.05) is 21.9 Å². The molecular formula is C18H28N4O3S. The van der Waals surface area contributed by atoms with Crippen LogP contribution in [0.5, 0.6) is 0 Å². The van der Waals surface area contributed by atoms with Gasteiger partial charge in [0.1, 0.15) is 4.90 Å². The average molecular weight is 381 g/mol. The largest absolute Gasteiger partial charge is 0.367 e. The van der Waals surface area contributed by atoms with Gasteiger partial charge in [0.05, 0.1) is 5.69 Å². The summed E-state index contributed by atoms with van der Waals surface area (Å²) in [5, 5.41) is 0. The minimum Gasteiger partial charge on any atom is -0.367 e. The van der Waals surface area contributed by atoms with Gasteiger partial charge < -0.3 is 15.5 Å².